The van der Waals surface area contributed by atoms with Crippen LogP contribution in [0.2, 0.25) is 0 Å². The van der Waals surface area contributed by atoms with Gasteiger partial charge in [-0.05, 0) is 68.6 Å². The van der Waals surface area contributed by atoms with E-state index in [1.807, 2.05) is 31.2 Å². The molecule has 2 aromatic carbocycles. The Hall–Kier alpha value is -0.650. The van der Waals surface area contributed by atoms with E-state index in [0.717, 1.165) is 20.1 Å². The molecule has 0 aliphatic heterocycles. The van der Waals surface area contributed by atoms with Crippen molar-refractivity contribution in [2.75, 3.05) is 0 Å². The fourth-order valence-electron chi connectivity index (χ4n) is 1.68. The highest BCUT2D eigenvalue weighted by molar-refractivity contribution is 9.13. The van der Waals surface area contributed by atoms with Gasteiger partial charge in [0.2, 0.25) is 0 Å². The molecule has 0 fully saturated rings. The summed E-state index contributed by atoms with van der Waals surface area (Å²) in [5.74, 6) is 0.00193. The zero-order valence-corrected chi connectivity index (χ0v) is 14.2. The second-order valence-electron chi connectivity index (χ2n) is 4.32. The second kappa shape index (κ2) is 5.77. The highest BCUT2D eigenvalue weighted by Crippen LogP contribution is 2.26. The highest BCUT2D eigenvalue weighted by Gasteiger charge is 2.15. The first-order valence-corrected chi connectivity index (χ1v) is 8.86. The van der Waals surface area contributed by atoms with Gasteiger partial charge in [0.15, 0.2) is 9.84 Å². The minimum Gasteiger partial charge on any atom is -0.223 e. The Morgan fingerprint density at radius 1 is 0.947 bits per heavy atom. The smallest absolute Gasteiger partial charge is 0.182 e. The number of hydrogen-bond donors (Lipinski definition) is 0. The molecule has 0 radical (unpaired) electrons. The van der Waals surface area contributed by atoms with E-state index < -0.39 is 9.84 Å². The zero-order chi connectivity index (χ0) is 14.0. The summed E-state index contributed by atoms with van der Waals surface area (Å²) in [5.41, 5.74) is 1.81. The van der Waals surface area contributed by atoms with Crippen molar-refractivity contribution in [1.82, 2.24) is 0 Å². The minimum absolute atomic E-state index is 0.00193. The molecule has 0 N–H and O–H groups in total. The molecule has 2 aromatic rings. The fraction of sp³-hybridized carbons (Fsp3) is 0.143. The van der Waals surface area contributed by atoms with Crippen molar-refractivity contribution in [3.8, 4) is 0 Å². The number of aryl methyl sites for hydroxylation is 1. The predicted molar refractivity (Wildman–Crippen MR) is 83.9 cm³/mol. The van der Waals surface area contributed by atoms with Gasteiger partial charge in [-0.1, -0.05) is 23.8 Å². The molecule has 0 amide bonds. The van der Waals surface area contributed by atoms with Crippen LogP contribution in [-0.2, 0) is 15.6 Å². The largest absolute Gasteiger partial charge is 0.223 e. The zero-order valence-electron chi connectivity index (χ0n) is 10.2. The summed E-state index contributed by atoms with van der Waals surface area (Å²) >= 11 is 6.74. The van der Waals surface area contributed by atoms with E-state index >= 15 is 0 Å². The monoisotopic (exact) mass is 402 g/mol. The van der Waals surface area contributed by atoms with Crippen LogP contribution in [-0.4, -0.2) is 8.42 Å². The molecule has 0 heterocycles. The quantitative estimate of drug-likeness (QED) is 0.756. The Morgan fingerprint density at radius 3 is 2.16 bits per heavy atom. The Morgan fingerprint density at radius 2 is 1.58 bits per heavy atom. The fourth-order valence-corrected chi connectivity index (χ4v) is 3.69. The first kappa shape index (κ1) is 14.8. The molecular formula is C14H12Br2O2S. The van der Waals surface area contributed by atoms with Crippen LogP contribution < -0.4 is 0 Å². The first-order valence-electron chi connectivity index (χ1n) is 5.62. The van der Waals surface area contributed by atoms with Gasteiger partial charge in [0.1, 0.15) is 0 Å². The number of hydrogen-bond acceptors (Lipinski definition) is 2. The van der Waals surface area contributed by atoms with Crippen LogP contribution in [0.1, 0.15) is 11.1 Å². The molecule has 0 unspecified atom stereocenters. The summed E-state index contributed by atoms with van der Waals surface area (Å²) in [5, 5.41) is 0. The molecule has 0 aliphatic rings. The van der Waals surface area contributed by atoms with Gasteiger partial charge in [0, 0.05) is 8.95 Å². The maximum absolute atomic E-state index is 12.3. The van der Waals surface area contributed by atoms with Crippen LogP contribution in [0.15, 0.2) is 56.3 Å². The van der Waals surface area contributed by atoms with Crippen molar-refractivity contribution in [2.45, 2.75) is 17.6 Å². The molecule has 0 aromatic heterocycles. The van der Waals surface area contributed by atoms with Crippen molar-refractivity contribution in [3.05, 3.63) is 62.5 Å². The molecule has 0 bridgehead atoms. The van der Waals surface area contributed by atoms with Crippen molar-refractivity contribution < 1.29 is 8.42 Å². The molecule has 100 valence electrons. The lowest BCUT2D eigenvalue weighted by Gasteiger charge is -2.06. The lowest BCUT2D eigenvalue weighted by Crippen LogP contribution is -2.05. The summed E-state index contributed by atoms with van der Waals surface area (Å²) in [6.07, 6.45) is 0. The van der Waals surface area contributed by atoms with E-state index in [4.69, 9.17) is 0 Å². The van der Waals surface area contributed by atoms with E-state index in [1.165, 1.54) is 0 Å². The van der Waals surface area contributed by atoms with Gasteiger partial charge < -0.3 is 0 Å². The topological polar surface area (TPSA) is 34.1 Å². The maximum Gasteiger partial charge on any atom is 0.182 e. The number of benzene rings is 2. The van der Waals surface area contributed by atoms with E-state index in [0.29, 0.717) is 4.90 Å². The molecule has 0 spiro atoms. The van der Waals surface area contributed by atoms with E-state index in [9.17, 15) is 8.42 Å². The maximum atomic E-state index is 12.3. The molecule has 0 saturated carbocycles. The first-order chi connectivity index (χ1) is 8.88. The lowest BCUT2D eigenvalue weighted by molar-refractivity contribution is 0.595. The van der Waals surface area contributed by atoms with Crippen LogP contribution in [0.3, 0.4) is 0 Å². The normalized spacial score (nSPS) is 11.5. The third kappa shape index (κ3) is 3.68. The minimum atomic E-state index is -3.30. The van der Waals surface area contributed by atoms with Crippen LogP contribution >= 0.6 is 31.9 Å². The Balaban J connectivity index is 2.30. The molecule has 5 heteroatoms. The van der Waals surface area contributed by atoms with Gasteiger partial charge in [0.05, 0.1) is 10.6 Å². The van der Waals surface area contributed by atoms with Gasteiger partial charge in [-0.25, -0.2) is 8.42 Å². The number of sulfone groups is 1. The summed E-state index contributed by atoms with van der Waals surface area (Å²) in [7, 11) is -3.30. The molecule has 0 saturated heterocycles. The van der Waals surface area contributed by atoms with Crippen LogP contribution in [0.4, 0.5) is 0 Å². The highest BCUT2D eigenvalue weighted by atomic mass is 79.9. The third-order valence-corrected chi connectivity index (χ3v) is 6.30. The molecule has 0 atom stereocenters. The Kier molecular flexibility index (Phi) is 4.48. The van der Waals surface area contributed by atoms with Crippen LogP contribution in [0.25, 0.3) is 0 Å². The standard InChI is InChI=1S/C14H12Br2O2S/c1-10-2-5-12(6-3-10)19(17,18)9-11-4-7-13(15)14(16)8-11/h2-8H,9H2,1H3. The second-order valence-corrected chi connectivity index (χ2v) is 8.02. The van der Waals surface area contributed by atoms with Gasteiger partial charge in [-0.3, -0.25) is 0 Å². The third-order valence-electron chi connectivity index (χ3n) is 2.72. The van der Waals surface area contributed by atoms with E-state index in [2.05, 4.69) is 31.9 Å². The average molecular weight is 404 g/mol. The average Bonchev–Trinajstić information content (AvgIpc) is 2.34. The Labute approximate surface area is 130 Å². The molecule has 2 rings (SSSR count). The van der Waals surface area contributed by atoms with Crippen LogP contribution in [0, 0.1) is 6.92 Å². The molecule has 2 nitrogen and oxygen atoms in total. The molecule has 0 aliphatic carbocycles. The Bertz CT molecular complexity index is 692. The van der Waals surface area contributed by atoms with Crippen LogP contribution in [0.5, 0.6) is 0 Å². The number of rotatable bonds is 3. The molecule has 19 heavy (non-hydrogen) atoms. The van der Waals surface area contributed by atoms with Crippen molar-refractivity contribution >= 4 is 41.7 Å². The lowest BCUT2D eigenvalue weighted by atomic mass is 10.2. The SMILES string of the molecule is Cc1ccc(S(=O)(=O)Cc2ccc(Br)c(Br)c2)cc1. The van der Waals surface area contributed by atoms with Gasteiger partial charge in [0.25, 0.3) is 0 Å². The summed E-state index contributed by atoms with van der Waals surface area (Å²) in [4.78, 5) is 0.358. The van der Waals surface area contributed by atoms with Gasteiger partial charge >= 0.3 is 0 Å². The van der Waals surface area contributed by atoms with Gasteiger partial charge in [-0.2, -0.15) is 0 Å². The number of halogens is 2. The van der Waals surface area contributed by atoms with Crippen molar-refractivity contribution in [1.29, 1.82) is 0 Å². The summed E-state index contributed by atoms with van der Waals surface area (Å²) < 4.78 is 26.3. The van der Waals surface area contributed by atoms with E-state index in [-0.39, 0.29) is 5.75 Å². The summed E-state index contributed by atoms with van der Waals surface area (Å²) in [6, 6.07) is 12.4. The summed E-state index contributed by atoms with van der Waals surface area (Å²) in [6.45, 7) is 1.93. The predicted octanol–water partition coefficient (Wildman–Crippen LogP) is 4.49. The van der Waals surface area contributed by atoms with Crippen molar-refractivity contribution in [3.63, 3.8) is 0 Å². The van der Waals surface area contributed by atoms with Gasteiger partial charge in [-0.15, -0.1) is 0 Å². The van der Waals surface area contributed by atoms with E-state index in [1.54, 1.807) is 18.2 Å². The molecular weight excluding hydrogens is 392 g/mol. The van der Waals surface area contributed by atoms with Crippen molar-refractivity contribution in [2.24, 2.45) is 0 Å².